The van der Waals surface area contributed by atoms with Crippen molar-refractivity contribution in [1.29, 1.82) is 0 Å². The van der Waals surface area contributed by atoms with Crippen LogP contribution in [0.2, 0.25) is 0 Å². The number of rotatable bonds is 6. The van der Waals surface area contributed by atoms with Crippen molar-refractivity contribution in [3.05, 3.63) is 0 Å². The van der Waals surface area contributed by atoms with Gasteiger partial charge in [-0.3, -0.25) is 18.9 Å². The minimum absolute atomic E-state index is 0.307. The molecule has 1 aliphatic heterocycles. The average molecular weight is 266 g/mol. The highest BCUT2D eigenvalue weighted by atomic mass is 19.3. The van der Waals surface area contributed by atoms with Crippen molar-refractivity contribution in [2.45, 2.75) is 38.3 Å². The monoisotopic (exact) mass is 266 g/mol. The highest BCUT2D eigenvalue weighted by Gasteiger charge is 2.42. The Kier molecular flexibility index (Phi) is 5.13. The van der Waals surface area contributed by atoms with E-state index in [1.807, 2.05) is 0 Å². The molecule has 0 aromatic heterocycles. The molecule has 7 heteroatoms. The Morgan fingerprint density at radius 1 is 1.44 bits per heavy atom. The molecule has 1 fully saturated rings. The molecule has 0 aromatic rings. The van der Waals surface area contributed by atoms with Gasteiger partial charge in [0.25, 0.3) is 6.43 Å². The van der Waals surface area contributed by atoms with E-state index >= 15 is 0 Å². The Morgan fingerprint density at radius 2 is 2.06 bits per heavy atom. The summed E-state index contributed by atoms with van der Waals surface area (Å²) in [6.45, 7) is 0.785. The molecular formula is C11H17F3N2O2. The predicted octanol–water partition coefficient (Wildman–Crippen LogP) is 0.744. The van der Waals surface area contributed by atoms with Gasteiger partial charge in [-0.2, -0.15) is 0 Å². The number of hydrogen-bond donors (Lipinski definition) is 1. The molecule has 3 atom stereocenters. The summed E-state index contributed by atoms with van der Waals surface area (Å²) in [5, 5.41) is 0. The summed E-state index contributed by atoms with van der Waals surface area (Å²) < 4.78 is 37.8. The third-order valence-electron chi connectivity index (χ3n) is 3.27. The molecule has 3 unspecified atom stereocenters. The number of carbonyl (C=O) groups is 2. The lowest BCUT2D eigenvalue weighted by Gasteiger charge is -2.33. The van der Waals surface area contributed by atoms with Crippen molar-refractivity contribution in [2.24, 2.45) is 11.7 Å². The quantitative estimate of drug-likeness (QED) is 0.771. The summed E-state index contributed by atoms with van der Waals surface area (Å²) in [5.74, 6) is -2.88. The lowest BCUT2D eigenvalue weighted by molar-refractivity contribution is -0.139. The van der Waals surface area contributed by atoms with Gasteiger partial charge in [-0.1, -0.05) is 6.92 Å². The first-order valence-corrected chi connectivity index (χ1v) is 5.83. The summed E-state index contributed by atoms with van der Waals surface area (Å²) in [6.07, 6.45) is -2.17. The Labute approximate surface area is 103 Å². The topological polar surface area (TPSA) is 63.4 Å². The molecule has 0 saturated carbocycles. The number of hydrogen-bond acceptors (Lipinski definition) is 3. The molecule has 1 amide bonds. The van der Waals surface area contributed by atoms with Gasteiger partial charge in [-0.05, 0) is 19.4 Å². The minimum Gasteiger partial charge on any atom is -0.368 e. The van der Waals surface area contributed by atoms with E-state index in [4.69, 9.17) is 5.73 Å². The number of ketones is 1. The Bertz CT molecular complexity index is 325. The van der Waals surface area contributed by atoms with Crippen LogP contribution in [0.4, 0.5) is 13.2 Å². The van der Waals surface area contributed by atoms with E-state index in [-0.39, 0.29) is 0 Å². The second-order valence-corrected chi connectivity index (χ2v) is 4.58. The fraction of sp³-hybridized carbons (Fsp3) is 0.818. The second-order valence-electron chi connectivity index (χ2n) is 4.58. The van der Waals surface area contributed by atoms with Crippen LogP contribution in [0.1, 0.15) is 19.8 Å². The van der Waals surface area contributed by atoms with Crippen molar-refractivity contribution in [1.82, 2.24) is 4.90 Å². The van der Waals surface area contributed by atoms with Gasteiger partial charge in [0.05, 0.1) is 18.8 Å². The van der Waals surface area contributed by atoms with Crippen molar-refractivity contribution < 1.29 is 22.8 Å². The van der Waals surface area contributed by atoms with Gasteiger partial charge in [0.2, 0.25) is 11.7 Å². The molecular weight excluding hydrogens is 249 g/mol. The number of primary amides is 1. The second kappa shape index (κ2) is 6.17. The van der Waals surface area contributed by atoms with Crippen LogP contribution >= 0.6 is 0 Å². The molecule has 4 nitrogen and oxygen atoms in total. The van der Waals surface area contributed by atoms with Crippen LogP contribution in [0.5, 0.6) is 0 Å². The maximum Gasteiger partial charge on any atom is 0.297 e. The Balaban J connectivity index is 2.95. The largest absolute Gasteiger partial charge is 0.368 e. The summed E-state index contributed by atoms with van der Waals surface area (Å²) in [6, 6.07) is -2.04. The van der Waals surface area contributed by atoms with E-state index in [0.717, 1.165) is 0 Å². The molecule has 0 aromatic carbocycles. The summed E-state index contributed by atoms with van der Waals surface area (Å²) in [5.41, 5.74) is 5.17. The third-order valence-corrected chi connectivity index (χ3v) is 3.27. The first kappa shape index (κ1) is 14.9. The summed E-state index contributed by atoms with van der Waals surface area (Å²) in [7, 11) is 0. The molecule has 18 heavy (non-hydrogen) atoms. The summed E-state index contributed by atoms with van der Waals surface area (Å²) in [4.78, 5) is 24.0. The predicted molar refractivity (Wildman–Crippen MR) is 58.9 cm³/mol. The molecule has 0 aliphatic carbocycles. The molecule has 1 heterocycles. The number of carbonyl (C=O) groups excluding carboxylic acids is 2. The van der Waals surface area contributed by atoms with Crippen molar-refractivity contribution >= 4 is 11.7 Å². The fourth-order valence-corrected chi connectivity index (χ4v) is 2.41. The van der Waals surface area contributed by atoms with Crippen molar-refractivity contribution in [3.63, 3.8) is 0 Å². The van der Waals surface area contributed by atoms with E-state index in [1.54, 1.807) is 0 Å². The van der Waals surface area contributed by atoms with E-state index in [0.29, 0.717) is 19.4 Å². The molecule has 1 aliphatic rings. The molecule has 2 N–H and O–H groups in total. The smallest absolute Gasteiger partial charge is 0.297 e. The maximum atomic E-state index is 12.7. The first-order chi connectivity index (χ1) is 8.40. The molecule has 0 radical (unpaired) electrons. The van der Waals surface area contributed by atoms with Gasteiger partial charge in [-0.15, -0.1) is 0 Å². The number of nitrogens with zero attached hydrogens (tertiary/aromatic N) is 1. The van der Waals surface area contributed by atoms with Crippen LogP contribution in [0.25, 0.3) is 0 Å². The number of nitrogens with two attached hydrogens (primary N) is 1. The van der Waals surface area contributed by atoms with Crippen LogP contribution in [0.15, 0.2) is 0 Å². The zero-order valence-corrected chi connectivity index (χ0v) is 10.1. The third kappa shape index (κ3) is 3.01. The summed E-state index contributed by atoms with van der Waals surface area (Å²) >= 11 is 0. The number of alkyl halides is 3. The van der Waals surface area contributed by atoms with E-state index in [2.05, 4.69) is 0 Å². The molecule has 0 spiro atoms. The molecule has 1 rings (SSSR count). The van der Waals surface area contributed by atoms with Crippen molar-refractivity contribution in [2.75, 3.05) is 13.2 Å². The standard InChI is InChI=1S/C11H17F3N2O2/c1-6(5-12)8(9(17)10(13)14)16-4-2-3-7(16)11(15)18/h6-8,10H,2-5H2,1H3,(H2,15,18). The molecule has 0 bridgehead atoms. The maximum absolute atomic E-state index is 12.7. The number of halogens is 3. The molecule has 104 valence electrons. The first-order valence-electron chi connectivity index (χ1n) is 5.83. The lowest BCUT2D eigenvalue weighted by atomic mass is 9.96. The Hall–Kier alpha value is -1.11. The van der Waals surface area contributed by atoms with E-state index in [1.165, 1.54) is 11.8 Å². The number of likely N-dealkylation sites (tertiary alicyclic amines) is 1. The Morgan fingerprint density at radius 3 is 2.50 bits per heavy atom. The van der Waals surface area contributed by atoms with Gasteiger partial charge in [0.1, 0.15) is 0 Å². The average Bonchev–Trinajstić information content (AvgIpc) is 2.77. The van der Waals surface area contributed by atoms with Crippen LogP contribution < -0.4 is 5.73 Å². The van der Waals surface area contributed by atoms with E-state index < -0.39 is 42.8 Å². The zero-order chi connectivity index (χ0) is 13.9. The van der Waals surface area contributed by atoms with Crippen molar-refractivity contribution in [3.8, 4) is 0 Å². The van der Waals surface area contributed by atoms with Gasteiger partial charge in [-0.25, -0.2) is 8.78 Å². The highest BCUT2D eigenvalue weighted by Crippen LogP contribution is 2.26. The van der Waals surface area contributed by atoms with E-state index in [9.17, 15) is 22.8 Å². The van der Waals surface area contributed by atoms with Gasteiger partial charge in [0.15, 0.2) is 0 Å². The fourth-order valence-electron chi connectivity index (χ4n) is 2.41. The van der Waals surface area contributed by atoms with Crippen LogP contribution in [-0.4, -0.2) is 48.3 Å². The normalized spacial score (nSPS) is 24.2. The van der Waals surface area contributed by atoms with Gasteiger partial charge < -0.3 is 5.73 Å². The van der Waals surface area contributed by atoms with Gasteiger partial charge >= 0.3 is 0 Å². The number of Topliss-reactive ketones (excluding diaryl/α,β-unsaturated/α-hetero) is 1. The van der Waals surface area contributed by atoms with Crippen LogP contribution in [0.3, 0.4) is 0 Å². The SMILES string of the molecule is CC(CF)C(C(=O)C(F)F)N1CCCC1C(N)=O. The lowest BCUT2D eigenvalue weighted by Crippen LogP contribution is -2.53. The highest BCUT2D eigenvalue weighted by molar-refractivity contribution is 5.88. The van der Waals surface area contributed by atoms with Gasteiger partial charge in [0, 0.05) is 5.92 Å². The van der Waals surface area contributed by atoms with Crippen LogP contribution in [-0.2, 0) is 9.59 Å². The number of amides is 1. The molecule has 1 saturated heterocycles. The van der Waals surface area contributed by atoms with Crippen LogP contribution in [0, 0.1) is 5.92 Å². The zero-order valence-electron chi connectivity index (χ0n) is 10.1. The minimum atomic E-state index is -3.17.